The van der Waals surface area contributed by atoms with E-state index in [2.05, 4.69) is 20.6 Å². The van der Waals surface area contributed by atoms with Crippen LogP contribution in [0.1, 0.15) is 12.6 Å². The van der Waals surface area contributed by atoms with Crippen molar-refractivity contribution in [2.45, 2.75) is 19.1 Å². The Hall–Kier alpha value is -2.26. The Morgan fingerprint density at radius 1 is 1.28 bits per heavy atom. The van der Waals surface area contributed by atoms with Gasteiger partial charge in [0.25, 0.3) is 0 Å². The molecular formula is C15H16ClF3N4O2. The van der Waals surface area contributed by atoms with Gasteiger partial charge in [0, 0.05) is 17.1 Å². The summed E-state index contributed by atoms with van der Waals surface area (Å²) in [7, 11) is 1.42. The Kier molecular flexibility index (Phi) is 5.91. The van der Waals surface area contributed by atoms with Crippen molar-refractivity contribution < 1.29 is 23.0 Å². The Morgan fingerprint density at radius 3 is 2.60 bits per heavy atom. The summed E-state index contributed by atoms with van der Waals surface area (Å²) in [6.45, 7) is 1.29. The molecule has 0 unspecified atom stereocenters. The largest absolute Gasteiger partial charge is 0.495 e. The summed E-state index contributed by atoms with van der Waals surface area (Å²) in [6.07, 6.45) is -4.66. The molecule has 1 atom stereocenters. The minimum Gasteiger partial charge on any atom is -0.495 e. The highest BCUT2D eigenvalue weighted by Gasteiger charge is 2.34. The Balaban J connectivity index is 2.42. The fraction of sp³-hybridized carbons (Fsp3) is 0.333. The molecule has 136 valence electrons. The highest BCUT2D eigenvalue weighted by molar-refractivity contribution is 6.31. The lowest BCUT2D eigenvalue weighted by Crippen LogP contribution is -2.22. The molecule has 0 aliphatic heterocycles. The monoisotopic (exact) mass is 376 g/mol. The number of benzene rings is 1. The predicted octanol–water partition coefficient (Wildman–Crippen LogP) is 3.69. The zero-order valence-electron chi connectivity index (χ0n) is 13.4. The predicted molar refractivity (Wildman–Crippen MR) is 88.5 cm³/mol. The molecule has 10 heteroatoms. The van der Waals surface area contributed by atoms with Gasteiger partial charge in [-0.2, -0.15) is 18.2 Å². The molecule has 1 heterocycles. The number of ether oxygens (including phenoxy) is 1. The molecule has 0 aliphatic carbocycles. The van der Waals surface area contributed by atoms with E-state index < -0.39 is 17.9 Å². The van der Waals surface area contributed by atoms with E-state index in [9.17, 15) is 13.2 Å². The second-order valence-electron chi connectivity index (χ2n) is 5.16. The first-order valence-corrected chi connectivity index (χ1v) is 7.55. The maximum absolute atomic E-state index is 13.1. The van der Waals surface area contributed by atoms with Gasteiger partial charge < -0.3 is 20.5 Å². The average molecular weight is 377 g/mol. The molecule has 25 heavy (non-hydrogen) atoms. The third-order valence-corrected chi connectivity index (χ3v) is 3.33. The first kappa shape index (κ1) is 19.1. The summed E-state index contributed by atoms with van der Waals surface area (Å²) < 4.78 is 44.4. The van der Waals surface area contributed by atoms with Crippen LogP contribution in [-0.2, 0) is 6.18 Å². The van der Waals surface area contributed by atoms with Crippen LogP contribution in [0.4, 0.5) is 30.6 Å². The molecule has 1 aromatic heterocycles. The van der Waals surface area contributed by atoms with Crippen molar-refractivity contribution >= 4 is 29.1 Å². The summed E-state index contributed by atoms with van der Waals surface area (Å²) in [4.78, 5) is 7.43. The van der Waals surface area contributed by atoms with Crippen molar-refractivity contribution in [1.82, 2.24) is 9.97 Å². The first-order valence-electron chi connectivity index (χ1n) is 7.17. The van der Waals surface area contributed by atoms with Crippen molar-refractivity contribution in [3.63, 3.8) is 0 Å². The van der Waals surface area contributed by atoms with E-state index in [0.29, 0.717) is 16.5 Å². The number of anilines is 3. The van der Waals surface area contributed by atoms with Crippen LogP contribution in [0.15, 0.2) is 24.3 Å². The lowest BCUT2D eigenvalue weighted by atomic mass is 10.3. The van der Waals surface area contributed by atoms with Gasteiger partial charge >= 0.3 is 6.18 Å². The number of hydrogen-bond acceptors (Lipinski definition) is 6. The number of halogens is 4. The maximum atomic E-state index is 13.1. The first-order chi connectivity index (χ1) is 11.7. The van der Waals surface area contributed by atoms with Crippen LogP contribution in [0.3, 0.4) is 0 Å². The van der Waals surface area contributed by atoms with Crippen LogP contribution in [-0.4, -0.2) is 34.8 Å². The van der Waals surface area contributed by atoms with Crippen molar-refractivity contribution in [2.75, 3.05) is 24.4 Å². The van der Waals surface area contributed by atoms with E-state index in [-0.39, 0.29) is 18.4 Å². The van der Waals surface area contributed by atoms with Crippen LogP contribution < -0.4 is 15.4 Å². The Labute approximate surface area is 147 Å². The molecule has 0 spiro atoms. The van der Waals surface area contributed by atoms with Crippen LogP contribution in [0.2, 0.25) is 5.02 Å². The third-order valence-electron chi connectivity index (χ3n) is 3.09. The SMILES string of the molecule is COc1ccc(Cl)cc1Nc1cc(C(F)(F)F)nc(N[C@H](C)CO)n1. The molecule has 0 fully saturated rings. The van der Waals surface area contributed by atoms with E-state index in [1.54, 1.807) is 19.1 Å². The highest BCUT2D eigenvalue weighted by atomic mass is 35.5. The van der Waals surface area contributed by atoms with Gasteiger partial charge in [0.15, 0.2) is 5.69 Å². The topological polar surface area (TPSA) is 79.3 Å². The number of nitrogens with zero attached hydrogens (tertiary/aromatic N) is 2. The molecule has 0 radical (unpaired) electrons. The van der Waals surface area contributed by atoms with Crippen molar-refractivity contribution in [3.8, 4) is 5.75 Å². The van der Waals surface area contributed by atoms with Gasteiger partial charge in [-0.25, -0.2) is 4.98 Å². The zero-order chi connectivity index (χ0) is 18.6. The molecule has 0 aliphatic rings. The summed E-state index contributed by atoms with van der Waals surface area (Å²) in [5.74, 6) is 0.0187. The second-order valence-corrected chi connectivity index (χ2v) is 5.59. The second kappa shape index (κ2) is 7.75. The van der Waals surface area contributed by atoms with E-state index in [1.807, 2.05) is 0 Å². The van der Waals surface area contributed by atoms with Crippen molar-refractivity contribution in [3.05, 3.63) is 35.0 Å². The lowest BCUT2D eigenvalue weighted by Gasteiger charge is -2.16. The van der Waals surface area contributed by atoms with Crippen LogP contribution in [0.25, 0.3) is 0 Å². The summed E-state index contributed by atoms with van der Waals surface area (Å²) in [6, 6.07) is 4.91. The molecule has 1 aromatic carbocycles. The molecule has 0 amide bonds. The number of rotatable bonds is 6. The van der Waals surface area contributed by atoms with Gasteiger partial charge in [-0.05, 0) is 25.1 Å². The number of nitrogens with one attached hydrogen (secondary N) is 2. The van der Waals surface area contributed by atoms with Gasteiger partial charge in [-0.1, -0.05) is 11.6 Å². The number of methoxy groups -OCH3 is 1. The maximum Gasteiger partial charge on any atom is 0.433 e. The molecule has 2 aromatic rings. The average Bonchev–Trinajstić information content (AvgIpc) is 2.54. The molecule has 2 rings (SSSR count). The van der Waals surface area contributed by atoms with Crippen molar-refractivity contribution in [1.29, 1.82) is 0 Å². The fourth-order valence-electron chi connectivity index (χ4n) is 1.90. The smallest absolute Gasteiger partial charge is 0.433 e. The number of hydrogen-bond donors (Lipinski definition) is 3. The van der Waals surface area contributed by atoms with Gasteiger partial charge in [0.2, 0.25) is 5.95 Å². The molecule has 6 nitrogen and oxygen atoms in total. The van der Waals surface area contributed by atoms with E-state index >= 15 is 0 Å². The Bertz CT molecular complexity index is 743. The van der Waals surface area contributed by atoms with Gasteiger partial charge in [0.1, 0.15) is 11.6 Å². The van der Waals surface area contributed by atoms with Crippen LogP contribution in [0.5, 0.6) is 5.75 Å². The van der Waals surface area contributed by atoms with Crippen LogP contribution >= 0.6 is 11.6 Å². The highest BCUT2D eigenvalue weighted by Crippen LogP contribution is 2.33. The quantitative estimate of drug-likeness (QED) is 0.713. The molecule has 0 saturated carbocycles. The zero-order valence-corrected chi connectivity index (χ0v) is 14.1. The van der Waals surface area contributed by atoms with Crippen LogP contribution in [0, 0.1) is 0 Å². The summed E-state index contributed by atoms with van der Waals surface area (Å²) in [5, 5.41) is 14.8. The Morgan fingerprint density at radius 2 is 2.00 bits per heavy atom. The number of aliphatic hydroxyl groups excluding tert-OH is 1. The minimum atomic E-state index is -4.66. The number of aliphatic hydroxyl groups is 1. The van der Waals surface area contributed by atoms with E-state index in [4.69, 9.17) is 21.4 Å². The van der Waals surface area contributed by atoms with E-state index in [0.717, 1.165) is 6.07 Å². The normalized spacial score (nSPS) is 12.6. The molecule has 0 saturated heterocycles. The van der Waals surface area contributed by atoms with Crippen molar-refractivity contribution in [2.24, 2.45) is 0 Å². The third kappa shape index (κ3) is 5.10. The standard InChI is InChI=1S/C15H16ClF3N4O2/c1-8(7-24)20-14-22-12(15(17,18)19)6-13(23-14)21-10-5-9(16)3-4-11(10)25-2/h3-6,8,24H,7H2,1-2H3,(H2,20,21,22,23)/t8-/m1/s1. The summed E-state index contributed by atoms with van der Waals surface area (Å²) >= 11 is 5.91. The van der Waals surface area contributed by atoms with Gasteiger partial charge in [-0.3, -0.25) is 0 Å². The molecular weight excluding hydrogens is 361 g/mol. The van der Waals surface area contributed by atoms with Gasteiger partial charge in [0.05, 0.1) is 19.4 Å². The lowest BCUT2D eigenvalue weighted by molar-refractivity contribution is -0.141. The molecule has 3 N–H and O–H groups in total. The van der Waals surface area contributed by atoms with E-state index in [1.165, 1.54) is 13.2 Å². The number of aromatic nitrogens is 2. The molecule has 0 bridgehead atoms. The fourth-order valence-corrected chi connectivity index (χ4v) is 2.08. The minimum absolute atomic E-state index is 0.101. The van der Waals surface area contributed by atoms with Gasteiger partial charge in [-0.15, -0.1) is 0 Å². The summed E-state index contributed by atoms with van der Waals surface area (Å²) in [5.41, 5.74) is -0.776. The number of alkyl halides is 3.